The third-order valence-electron chi connectivity index (χ3n) is 6.92. The molecule has 0 aliphatic carbocycles. The second kappa shape index (κ2) is 27.5. The van der Waals surface area contributed by atoms with Crippen molar-refractivity contribution in [3.63, 3.8) is 0 Å². The van der Waals surface area contributed by atoms with Crippen molar-refractivity contribution < 1.29 is 0 Å². The molecule has 2 N–H and O–H groups in total. The molecule has 0 bridgehead atoms. The lowest BCUT2D eigenvalue weighted by molar-refractivity contribution is 0.440. The minimum absolute atomic E-state index is 0. The average Bonchev–Trinajstić information content (AvgIpc) is 2.73. The highest BCUT2D eigenvalue weighted by atomic mass is 35.5. The Morgan fingerprint density at radius 1 is 0.375 bits per heavy atom. The summed E-state index contributed by atoms with van der Waals surface area (Å²) >= 11 is 0. The van der Waals surface area contributed by atoms with E-state index in [9.17, 15) is 0 Å². The van der Waals surface area contributed by atoms with Gasteiger partial charge in [0.1, 0.15) is 0 Å². The van der Waals surface area contributed by atoms with Crippen LogP contribution in [0.25, 0.3) is 0 Å². The Balaban J connectivity index is 0. The van der Waals surface area contributed by atoms with Crippen LogP contribution in [0.15, 0.2) is 0 Å². The molecule has 0 heterocycles. The van der Waals surface area contributed by atoms with E-state index in [2.05, 4.69) is 20.8 Å². The van der Waals surface area contributed by atoms with E-state index in [-0.39, 0.29) is 17.9 Å². The fourth-order valence-corrected chi connectivity index (χ4v) is 4.72. The van der Waals surface area contributed by atoms with Crippen molar-refractivity contribution in [2.24, 2.45) is 5.73 Å². The molecule has 0 saturated heterocycles. The Hall–Kier alpha value is 0.250. The van der Waals surface area contributed by atoms with Gasteiger partial charge in [-0.2, -0.15) is 0 Å². The molecule has 0 aromatic heterocycles. The standard InChI is InChI=1S/C30H63N.ClH/c1-4-5-6-7-8-9-10-11-12-13-14-15-16-17-18-19-20-21-22-23-24-25-26-27-28-29-30(2,3)31;/h4-29,31H2,1-3H3;1H. The van der Waals surface area contributed by atoms with E-state index in [4.69, 9.17) is 5.73 Å². The quantitative estimate of drug-likeness (QED) is 0.124. The Morgan fingerprint density at radius 3 is 0.750 bits per heavy atom. The fraction of sp³-hybridized carbons (Fsp3) is 1.00. The molecule has 0 atom stereocenters. The molecule has 1 nitrogen and oxygen atoms in total. The van der Waals surface area contributed by atoms with Crippen molar-refractivity contribution in [2.45, 2.75) is 193 Å². The van der Waals surface area contributed by atoms with Gasteiger partial charge in [0.25, 0.3) is 0 Å². The van der Waals surface area contributed by atoms with Crippen LogP contribution in [0.4, 0.5) is 0 Å². The van der Waals surface area contributed by atoms with Crippen LogP contribution in [-0.2, 0) is 0 Å². The summed E-state index contributed by atoms with van der Waals surface area (Å²) in [4.78, 5) is 0. The summed E-state index contributed by atoms with van der Waals surface area (Å²) in [5.74, 6) is 0. The predicted octanol–water partition coefficient (Wildman–Crippen LogP) is 11.3. The first-order valence-corrected chi connectivity index (χ1v) is 14.8. The van der Waals surface area contributed by atoms with E-state index in [1.165, 1.54) is 167 Å². The van der Waals surface area contributed by atoms with Crippen molar-refractivity contribution >= 4 is 12.4 Å². The molecular formula is C30H64ClN. The summed E-state index contributed by atoms with van der Waals surface area (Å²) in [6.45, 7) is 6.59. The number of hydrogen-bond acceptors (Lipinski definition) is 1. The summed E-state index contributed by atoms with van der Waals surface area (Å²) in [6, 6.07) is 0. The van der Waals surface area contributed by atoms with Gasteiger partial charge in [-0.15, -0.1) is 12.4 Å². The first kappa shape index (κ1) is 34.4. The molecule has 32 heavy (non-hydrogen) atoms. The van der Waals surface area contributed by atoms with Crippen LogP contribution >= 0.6 is 12.4 Å². The highest BCUT2D eigenvalue weighted by Gasteiger charge is 2.08. The summed E-state index contributed by atoms with van der Waals surface area (Å²) < 4.78 is 0. The summed E-state index contributed by atoms with van der Waals surface area (Å²) in [7, 11) is 0. The van der Waals surface area contributed by atoms with Crippen LogP contribution in [0, 0.1) is 0 Å². The fourth-order valence-electron chi connectivity index (χ4n) is 4.72. The second-order valence-electron chi connectivity index (χ2n) is 11.2. The first-order valence-electron chi connectivity index (χ1n) is 14.8. The Bertz CT molecular complexity index is 323. The monoisotopic (exact) mass is 473 g/mol. The molecule has 0 unspecified atom stereocenters. The van der Waals surface area contributed by atoms with Gasteiger partial charge in [0.15, 0.2) is 0 Å². The maximum atomic E-state index is 6.03. The number of rotatable bonds is 26. The lowest BCUT2D eigenvalue weighted by atomic mass is 9.97. The molecule has 196 valence electrons. The van der Waals surface area contributed by atoms with Crippen LogP contribution in [0.1, 0.15) is 188 Å². The van der Waals surface area contributed by atoms with Gasteiger partial charge in [-0.3, -0.25) is 0 Å². The second-order valence-corrected chi connectivity index (χ2v) is 11.2. The van der Waals surface area contributed by atoms with Crippen molar-refractivity contribution in [1.29, 1.82) is 0 Å². The van der Waals surface area contributed by atoms with Gasteiger partial charge >= 0.3 is 0 Å². The van der Waals surface area contributed by atoms with Gasteiger partial charge in [-0.25, -0.2) is 0 Å². The van der Waals surface area contributed by atoms with Crippen LogP contribution in [-0.4, -0.2) is 5.54 Å². The van der Waals surface area contributed by atoms with Crippen LogP contribution < -0.4 is 5.73 Å². The van der Waals surface area contributed by atoms with Crippen molar-refractivity contribution in [1.82, 2.24) is 0 Å². The minimum Gasteiger partial charge on any atom is -0.326 e. The number of unbranched alkanes of at least 4 members (excludes halogenated alkanes) is 24. The summed E-state index contributed by atoms with van der Waals surface area (Å²) in [5.41, 5.74) is 6.07. The van der Waals surface area contributed by atoms with E-state index >= 15 is 0 Å². The molecule has 0 amide bonds. The van der Waals surface area contributed by atoms with Gasteiger partial charge in [-0.05, 0) is 20.3 Å². The van der Waals surface area contributed by atoms with Gasteiger partial charge < -0.3 is 5.73 Å². The van der Waals surface area contributed by atoms with E-state index in [1.807, 2.05) is 0 Å². The van der Waals surface area contributed by atoms with E-state index in [1.54, 1.807) is 0 Å². The van der Waals surface area contributed by atoms with Crippen molar-refractivity contribution in [3.8, 4) is 0 Å². The molecule has 0 spiro atoms. The minimum atomic E-state index is 0. The van der Waals surface area contributed by atoms with Gasteiger partial charge in [0.05, 0.1) is 0 Å². The number of nitrogens with two attached hydrogens (primary N) is 1. The highest BCUT2D eigenvalue weighted by molar-refractivity contribution is 5.85. The maximum Gasteiger partial charge on any atom is 0.00970 e. The van der Waals surface area contributed by atoms with Gasteiger partial charge in [-0.1, -0.05) is 167 Å². The molecule has 0 aliphatic heterocycles. The SMILES string of the molecule is CCCCCCCCCCCCCCCCCCCCCCCCCCCC(C)(C)N.Cl. The van der Waals surface area contributed by atoms with E-state index in [0.29, 0.717) is 0 Å². The molecule has 0 aromatic rings. The lowest BCUT2D eigenvalue weighted by Gasteiger charge is -2.17. The van der Waals surface area contributed by atoms with E-state index in [0.717, 1.165) is 0 Å². The third-order valence-corrected chi connectivity index (χ3v) is 6.92. The Morgan fingerprint density at radius 2 is 0.562 bits per heavy atom. The van der Waals surface area contributed by atoms with Crippen molar-refractivity contribution in [3.05, 3.63) is 0 Å². The molecule has 2 heteroatoms. The topological polar surface area (TPSA) is 26.0 Å². The molecule has 0 aromatic carbocycles. The predicted molar refractivity (Wildman–Crippen MR) is 151 cm³/mol. The molecule has 0 aliphatic rings. The van der Waals surface area contributed by atoms with Crippen molar-refractivity contribution in [2.75, 3.05) is 0 Å². The largest absolute Gasteiger partial charge is 0.326 e. The Labute approximate surface area is 211 Å². The molecule has 0 saturated carbocycles. The first-order chi connectivity index (χ1) is 15.1. The molecular weight excluding hydrogens is 410 g/mol. The zero-order chi connectivity index (χ0) is 22.9. The van der Waals surface area contributed by atoms with Crippen LogP contribution in [0.3, 0.4) is 0 Å². The molecule has 0 fully saturated rings. The van der Waals surface area contributed by atoms with E-state index < -0.39 is 0 Å². The number of hydrogen-bond donors (Lipinski definition) is 1. The van der Waals surface area contributed by atoms with Crippen LogP contribution in [0.5, 0.6) is 0 Å². The third kappa shape index (κ3) is 32.4. The maximum absolute atomic E-state index is 6.03. The van der Waals surface area contributed by atoms with Gasteiger partial charge in [0.2, 0.25) is 0 Å². The molecule has 0 rings (SSSR count). The number of halogens is 1. The average molecular weight is 474 g/mol. The smallest absolute Gasteiger partial charge is 0.00970 e. The zero-order valence-electron chi connectivity index (χ0n) is 22.9. The van der Waals surface area contributed by atoms with Gasteiger partial charge in [0, 0.05) is 5.54 Å². The van der Waals surface area contributed by atoms with Crippen LogP contribution in [0.2, 0.25) is 0 Å². The normalized spacial score (nSPS) is 11.6. The summed E-state index contributed by atoms with van der Waals surface area (Å²) in [5, 5.41) is 0. The zero-order valence-corrected chi connectivity index (χ0v) is 23.7. The lowest BCUT2D eigenvalue weighted by Crippen LogP contribution is -2.31. The highest BCUT2D eigenvalue weighted by Crippen LogP contribution is 2.16. The summed E-state index contributed by atoms with van der Waals surface area (Å²) in [6.07, 6.45) is 37.6. The molecule has 0 radical (unpaired) electrons. The Kier molecular flexibility index (Phi) is 29.6.